The fraction of sp³-hybridized carbons (Fsp3) is 0.120. The summed E-state index contributed by atoms with van der Waals surface area (Å²) < 4.78 is 7.54. The van der Waals surface area contributed by atoms with E-state index in [1.54, 1.807) is 59.3 Å². The lowest BCUT2D eigenvalue weighted by Crippen LogP contribution is -2.13. The molecule has 0 spiro atoms. The molecule has 0 saturated carbocycles. The molecule has 174 valence electrons. The highest BCUT2D eigenvalue weighted by Crippen LogP contribution is 2.28. The van der Waals surface area contributed by atoms with Crippen molar-refractivity contribution < 1.29 is 9.53 Å². The maximum absolute atomic E-state index is 12.8. The first-order valence-corrected chi connectivity index (χ1v) is 11.8. The lowest BCUT2D eigenvalue weighted by Gasteiger charge is -2.09. The monoisotopic (exact) mass is 533 g/mol. The molecule has 3 aromatic carbocycles. The maximum Gasteiger partial charge on any atom is 0.256 e. The summed E-state index contributed by atoms with van der Waals surface area (Å²) >= 11 is 24.3. The lowest BCUT2D eigenvalue weighted by atomic mass is 10.1. The van der Waals surface area contributed by atoms with Crippen molar-refractivity contribution in [2.24, 2.45) is 0 Å². The van der Waals surface area contributed by atoms with Gasteiger partial charge in [-0.2, -0.15) is 5.10 Å². The summed E-state index contributed by atoms with van der Waals surface area (Å²) in [4.78, 5) is 12.8. The molecule has 0 fully saturated rings. The van der Waals surface area contributed by atoms with Crippen LogP contribution in [0.25, 0.3) is 0 Å². The average Bonchev–Trinajstić information content (AvgIpc) is 3.13. The van der Waals surface area contributed by atoms with Gasteiger partial charge in [0, 0.05) is 32.4 Å². The third-order valence-electron chi connectivity index (χ3n) is 5.04. The summed E-state index contributed by atoms with van der Waals surface area (Å²) in [5, 5.41) is 9.43. The van der Waals surface area contributed by atoms with Gasteiger partial charge in [0.1, 0.15) is 12.4 Å². The fourth-order valence-corrected chi connectivity index (χ4v) is 4.22. The molecule has 1 N–H and O–H groups in total. The van der Waals surface area contributed by atoms with Gasteiger partial charge in [-0.05, 0) is 60.5 Å². The van der Waals surface area contributed by atoms with Crippen LogP contribution in [0.2, 0.25) is 20.1 Å². The summed E-state index contributed by atoms with van der Waals surface area (Å²) in [7, 11) is 0. The van der Waals surface area contributed by atoms with E-state index < -0.39 is 0 Å². The number of aryl methyl sites for hydroxylation is 1. The Balaban J connectivity index is 1.42. The van der Waals surface area contributed by atoms with Crippen molar-refractivity contribution in [2.75, 3.05) is 5.32 Å². The molecule has 0 aliphatic carbocycles. The lowest BCUT2D eigenvalue weighted by molar-refractivity contribution is 0.102. The largest absolute Gasteiger partial charge is 0.487 e. The summed E-state index contributed by atoms with van der Waals surface area (Å²) in [5.74, 6) is 0.686. The number of rotatable bonds is 7. The number of nitrogens with zero attached hydrogens (tertiary/aromatic N) is 2. The van der Waals surface area contributed by atoms with Gasteiger partial charge in [0.05, 0.1) is 11.6 Å². The van der Waals surface area contributed by atoms with Crippen molar-refractivity contribution in [3.8, 4) is 5.75 Å². The van der Waals surface area contributed by atoms with Gasteiger partial charge >= 0.3 is 0 Å². The van der Waals surface area contributed by atoms with Gasteiger partial charge in [-0.25, -0.2) is 0 Å². The second-order valence-electron chi connectivity index (χ2n) is 7.58. The number of hydrogen-bond donors (Lipinski definition) is 1. The van der Waals surface area contributed by atoms with Crippen LogP contribution in [-0.2, 0) is 13.2 Å². The number of carbonyl (C=O) groups excluding carboxylic acids is 1. The van der Waals surface area contributed by atoms with Crippen LogP contribution < -0.4 is 10.1 Å². The molecule has 0 radical (unpaired) electrons. The molecule has 0 aliphatic rings. The smallest absolute Gasteiger partial charge is 0.256 e. The Hall–Kier alpha value is -2.70. The Morgan fingerprint density at radius 3 is 2.41 bits per heavy atom. The Kier molecular flexibility index (Phi) is 7.69. The minimum absolute atomic E-state index is 0.248. The number of ether oxygens (including phenoxy) is 1. The van der Waals surface area contributed by atoms with Crippen LogP contribution in [0.4, 0.5) is 5.82 Å². The van der Waals surface area contributed by atoms with Crippen LogP contribution in [0.3, 0.4) is 0 Å². The molecule has 0 atom stereocenters. The van der Waals surface area contributed by atoms with E-state index in [9.17, 15) is 4.79 Å². The number of anilines is 1. The topological polar surface area (TPSA) is 56.1 Å². The van der Waals surface area contributed by atoms with Crippen LogP contribution in [0, 0.1) is 6.92 Å². The zero-order valence-electron chi connectivity index (χ0n) is 18.0. The fourth-order valence-electron chi connectivity index (χ4n) is 3.29. The van der Waals surface area contributed by atoms with E-state index in [0.717, 1.165) is 16.8 Å². The third kappa shape index (κ3) is 6.05. The van der Waals surface area contributed by atoms with Gasteiger partial charge in [-0.1, -0.05) is 64.6 Å². The van der Waals surface area contributed by atoms with Gasteiger partial charge in [0.15, 0.2) is 5.82 Å². The van der Waals surface area contributed by atoms with Gasteiger partial charge in [-0.3, -0.25) is 9.48 Å². The number of aromatic nitrogens is 2. The molecule has 0 bridgehead atoms. The van der Waals surface area contributed by atoms with Gasteiger partial charge in [0.25, 0.3) is 5.91 Å². The van der Waals surface area contributed by atoms with Gasteiger partial charge in [0.2, 0.25) is 0 Å². The first-order chi connectivity index (χ1) is 16.3. The van der Waals surface area contributed by atoms with E-state index in [-0.39, 0.29) is 12.5 Å². The maximum atomic E-state index is 12.8. The minimum Gasteiger partial charge on any atom is -0.487 e. The highest BCUT2D eigenvalue weighted by molar-refractivity contribution is 6.35. The van der Waals surface area contributed by atoms with Crippen LogP contribution in [0.15, 0.2) is 66.7 Å². The molecular weight excluding hydrogens is 516 g/mol. The molecule has 4 aromatic rings. The predicted molar refractivity (Wildman–Crippen MR) is 138 cm³/mol. The normalized spacial score (nSPS) is 10.9. The number of carbonyl (C=O) groups is 1. The van der Waals surface area contributed by atoms with Crippen molar-refractivity contribution >= 4 is 58.1 Å². The molecule has 34 heavy (non-hydrogen) atoms. The van der Waals surface area contributed by atoms with Crippen molar-refractivity contribution in [1.82, 2.24) is 9.78 Å². The van der Waals surface area contributed by atoms with E-state index in [1.807, 2.05) is 19.1 Å². The molecule has 0 aliphatic heterocycles. The highest BCUT2D eigenvalue weighted by atomic mass is 35.5. The van der Waals surface area contributed by atoms with Crippen LogP contribution in [0.1, 0.15) is 27.2 Å². The summed E-state index contributed by atoms with van der Waals surface area (Å²) in [6.07, 6.45) is 0. The molecule has 1 aromatic heterocycles. The third-order valence-corrected chi connectivity index (χ3v) is 6.15. The second kappa shape index (κ2) is 10.7. The molecule has 0 saturated heterocycles. The summed E-state index contributed by atoms with van der Waals surface area (Å²) in [6, 6.07) is 19.3. The first kappa shape index (κ1) is 24.4. The molecule has 1 amide bonds. The summed E-state index contributed by atoms with van der Waals surface area (Å²) in [6.45, 7) is 2.61. The number of hydrogen-bond acceptors (Lipinski definition) is 3. The van der Waals surface area contributed by atoms with Crippen LogP contribution in [-0.4, -0.2) is 15.7 Å². The molecule has 4 rings (SSSR count). The Morgan fingerprint density at radius 2 is 1.68 bits per heavy atom. The number of benzene rings is 3. The molecular formula is C25H19Cl4N3O2. The zero-order valence-corrected chi connectivity index (χ0v) is 21.0. The Bertz CT molecular complexity index is 1350. The Morgan fingerprint density at radius 1 is 0.941 bits per heavy atom. The van der Waals surface area contributed by atoms with Crippen molar-refractivity contribution in [2.45, 2.75) is 20.1 Å². The molecule has 9 heteroatoms. The summed E-state index contributed by atoms with van der Waals surface area (Å²) in [5.41, 5.74) is 3.06. The Labute approximate surface area is 217 Å². The SMILES string of the molecule is Cc1cc(NC(=O)c2cccc(COc3ccc(Cl)cc3Cl)c2)nn1Cc1ccc(Cl)cc1Cl. The van der Waals surface area contributed by atoms with Gasteiger partial charge < -0.3 is 10.1 Å². The predicted octanol–water partition coefficient (Wildman–Crippen LogP) is 7.68. The van der Waals surface area contributed by atoms with Gasteiger partial charge in [-0.15, -0.1) is 0 Å². The van der Waals surface area contributed by atoms with E-state index in [0.29, 0.717) is 43.8 Å². The average molecular weight is 535 g/mol. The van der Waals surface area contributed by atoms with E-state index in [2.05, 4.69) is 10.4 Å². The quantitative estimate of drug-likeness (QED) is 0.264. The molecule has 1 heterocycles. The van der Waals surface area contributed by atoms with E-state index in [4.69, 9.17) is 51.1 Å². The van der Waals surface area contributed by atoms with Crippen LogP contribution in [0.5, 0.6) is 5.75 Å². The standard InChI is InChI=1S/C25H19Cl4N3O2/c1-15-9-24(31-32(15)13-18-5-6-19(26)11-21(18)28)30-25(33)17-4-2-3-16(10-17)14-34-23-8-7-20(27)12-22(23)29/h2-12H,13-14H2,1H3,(H,30,31,33). The minimum atomic E-state index is -0.277. The van der Waals surface area contributed by atoms with E-state index in [1.165, 1.54) is 0 Å². The molecule has 0 unspecified atom stereocenters. The zero-order chi connectivity index (χ0) is 24.2. The van der Waals surface area contributed by atoms with Crippen molar-refractivity contribution in [3.05, 3.63) is 109 Å². The van der Waals surface area contributed by atoms with E-state index >= 15 is 0 Å². The van der Waals surface area contributed by atoms with Crippen molar-refractivity contribution in [1.29, 1.82) is 0 Å². The number of nitrogens with one attached hydrogen (secondary N) is 1. The number of amides is 1. The van der Waals surface area contributed by atoms with Crippen molar-refractivity contribution in [3.63, 3.8) is 0 Å². The van der Waals surface area contributed by atoms with Crippen LogP contribution >= 0.6 is 46.4 Å². The second-order valence-corrected chi connectivity index (χ2v) is 9.27. The first-order valence-electron chi connectivity index (χ1n) is 10.2. The molecule has 5 nitrogen and oxygen atoms in total. The highest BCUT2D eigenvalue weighted by Gasteiger charge is 2.12. The number of halogens is 4.